The summed E-state index contributed by atoms with van der Waals surface area (Å²) < 4.78 is 10.6. The highest BCUT2D eigenvalue weighted by Crippen LogP contribution is 2.61. The van der Waals surface area contributed by atoms with Gasteiger partial charge >= 0.3 is 12.1 Å². The van der Waals surface area contributed by atoms with Crippen LogP contribution in [0.15, 0.2) is 23.8 Å². The van der Waals surface area contributed by atoms with Gasteiger partial charge in [-0.25, -0.2) is 9.59 Å². The number of ether oxygens (including phenoxy) is 2. The largest absolute Gasteiger partial charge is 0.458 e. The molecule has 31 heavy (non-hydrogen) atoms. The van der Waals surface area contributed by atoms with Gasteiger partial charge in [0, 0.05) is 11.5 Å². The van der Waals surface area contributed by atoms with Crippen LogP contribution in [0.2, 0.25) is 0 Å². The summed E-state index contributed by atoms with van der Waals surface area (Å²) in [5.41, 5.74) is 0.815. The molecular weight excluding hydrogens is 398 g/mol. The van der Waals surface area contributed by atoms with Crippen LogP contribution in [-0.4, -0.2) is 53.7 Å². The summed E-state index contributed by atoms with van der Waals surface area (Å²) in [6.45, 7) is 12.2. The van der Waals surface area contributed by atoms with Gasteiger partial charge in [0.1, 0.15) is 6.61 Å². The maximum atomic E-state index is 12.3. The number of hydrogen-bond acceptors (Lipinski definition) is 6. The van der Waals surface area contributed by atoms with Crippen LogP contribution in [0.5, 0.6) is 0 Å². The molecule has 1 amide bonds. The van der Waals surface area contributed by atoms with Crippen molar-refractivity contribution in [3.8, 4) is 0 Å². The van der Waals surface area contributed by atoms with E-state index in [0.717, 1.165) is 24.8 Å². The van der Waals surface area contributed by atoms with Crippen molar-refractivity contribution in [2.75, 3.05) is 13.2 Å². The third-order valence-corrected chi connectivity index (χ3v) is 7.87. The Balaban J connectivity index is 1.81. The molecule has 0 aromatic carbocycles. The zero-order valence-electron chi connectivity index (χ0n) is 19.1. The van der Waals surface area contributed by atoms with E-state index in [9.17, 15) is 19.8 Å². The number of aliphatic hydroxyl groups is 2. The van der Waals surface area contributed by atoms with E-state index in [-0.39, 0.29) is 36.5 Å². The van der Waals surface area contributed by atoms with E-state index < -0.39 is 29.7 Å². The molecule has 174 valence electrons. The van der Waals surface area contributed by atoms with E-state index in [2.05, 4.69) is 18.8 Å². The highest BCUT2D eigenvalue weighted by Gasteiger charge is 2.57. The highest BCUT2D eigenvalue weighted by atomic mass is 16.6. The van der Waals surface area contributed by atoms with Gasteiger partial charge in [0.25, 0.3) is 0 Å². The molecule has 7 nitrogen and oxygen atoms in total. The van der Waals surface area contributed by atoms with Crippen molar-refractivity contribution in [2.24, 2.45) is 22.7 Å². The molecule has 7 heteroatoms. The Morgan fingerprint density at radius 2 is 2.10 bits per heavy atom. The van der Waals surface area contributed by atoms with Crippen molar-refractivity contribution in [3.05, 3.63) is 23.8 Å². The van der Waals surface area contributed by atoms with Crippen LogP contribution in [0, 0.1) is 22.7 Å². The zero-order chi connectivity index (χ0) is 23.0. The van der Waals surface area contributed by atoms with Gasteiger partial charge in [-0.05, 0) is 63.2 Å². The summed E-state index contributed by atoms with van der Waals surface area (Å²) >= 11 is 0. The monoisotopic (exact) mass is 435 g/mol. The van der Waals surface area contributed by atoms with Crippen molar-refractivity contribution >= 4 is 12.1 Å². The summed E-state index contributed by atoms with van der Waals surface area (Å²) in [5, 5.41) is 23.4. The van der Waals surface area contributed by atoms with Gasteiger partial charge in [0.15, 0.2) is 6.10 Å². The second-order valence-corrected chi connectivity index (χ2v) is 10.2. The number of alkyl carbamates (subject to hydrolysis) is 1. The van der Waals surface area contributed by atoms with E-state index in [1.165, 1.54) is 0 Å². The van der Waals surface area contributed by atoms with Gasteiger partial charge < -0.3 is 25.0 Å². The molecule has 1 unspecified atom stereocenters. The van der Waals surface area contributed by atoms with Gasteiger partial charge in [0.2, 0.25) is 0 Å². The van der Waals surface area contributed by atoms with E-state index in [1.54, 1.807) is 0 Å². The minimum Gasteiger partial charge on any atom is -0.458 e. The Morgan fingerprint density at radius 3 is 2.74 bits per heavy atom. The lowest BCUT2D eigenvalue weighted by atomic mass is 9.46. The first-order chi connectivity index (χ1) is 14.5. The van der Waals surface area contributed by atoms with Crippen LogP contribution in [0.1, 0.15) is 59.8 Å². The molecule has 3 aliphatic rings. The van der Waals surface area contributed by atoms with E-state index in [0.29, 0.717) is 18.4 Å². The molecule has 2 aliphatic carbocycles. The maximum absolute atomic E-state index is 12.3. The summed E-state index contributed by atoms with van der Waals surface area (Å²) in [5.74, 6) is -0.192. The zero-order valence-corrected chi connectivity index (χ0v) is 19.1. The molecule has 2 saturated carbocycles. The Hall–Kier alpha value is -1.86. The Bertz CT molecular complexity index is 761. The third-order valence-electron chi connectivity index (χ3n) is 7.87. The van der Waals surface area contributed by atoms with Crippen LogP contribution < -0.4 is 5.32 Å². The number of aliphatic hydroxyl groups excluding tert-OH is 2. The molecule has 1 saturated heterocycles. The second kappa shape index (κ2) is 8.94. The number of amides is 1. The normalized spacial score (nSPS) is 39.4. The van der Waals surface area contributed by atoms with Crippen LogP contribution in [0.4, 0.5) is 4.79 Å². The fourth-order valence-electron chi connectivity index (χ4n) is 6.05. The minimum atomic E-state index is -0.720. The molecule has 0 aromatic rings. The molecular formula is C24H37NO6. The van der Waals surface area contributed by atoms with Crippen LogP contribution in [0.3, 0.4) is 0 Å². The smallest absolute Gasteiger partial charge is 0.408 e. The topological polar surface area (TPSA) is 105 Å². The lowest BCUT2D eigenvalue weighted by Gasteiger charge is -2.59. The molecule has 3 rings (SSSR count). The highest BCUT2D eigenvalue weighted by molar-refractivity contribution is 5.92. The molecule has 3 N–H and O–H groups in total. The predicted octanol–water partition coefficient (Wildman–Crippen LogP) is 3.10. The molecule has 0 aromatic heterocycles. The average molecular weight is 436 g/mol. The number of rotatable bonds is 5. The molecule has 0 radical (unpaired) electrons. The first kappa shape index (κ1) is 23.8. The van der Waals surface area contributed by atoms with E-state index in [4.69, 9.17) is 9.47 Å². The first-order valence-electron chi connectivity index (χ1n) is 11.3. The maximum Gasteiger partial charge on any atom is 0.408 e. The number of nitrogens with one attached hydrogen (secondary N) is 1. The van der Waals surface area contributed by atoms with Crippen molar-refractivity contribution in [2.45, 2.75) is 78.0 Å². The molecule has 0 bridgehead atoms. The fourth-order valence-corrected chi connectivity index (χ4v) is 6.05. The molecule has 6 atom stereocenters. The molecule has 0 spiro atoms. The number of carbonyl (C=O) groups is 2. The Morgan fingerprint density at radius 1 is 1.39 bits per heavy atom. The van der Waals surface area contributed by atoms with Gasteiger partial charge in [0.05, 0.1) is 18.3 Å². The van der Waals surface area contributed by atoms with Gasteiger partial charge in [-0.3, -0.25) is 0 Å². The lowest BCUT2D eigenvalue weighted by Crippen LogP contribution is -2.57. The summed E-state index contributed by atoms with van der Waals surface area (Å²) in [7, 11) is 0. The van der Waals surface area contributed by atoms with E-state index >= 15 is 0 Å². The summed E-state index contributed by atoms with van der Waals surface area (Å²) in [6, 6.07) is -0.0668. The van der Waals surface area contributed by atoms with Crippen LogP contribution in [-0.2, 0) is 14.3 Å². The number of cyclic esters (lactones) is 1. The number of esters is 1. The quantitative estimate of drug-likeness (QED) is 0.348. The van der Waals surface area contributed by atoms with Crippen molar-refractivity contribution in [1.82, 2.24) is 5.32 Å². The minimum absolute atomic E-state index is 0.0243. The molecule has 1 aliphatic heterocycles. The number of allylic oxidation sites excluding steroid dienone is 2. The standard InChI is InChI=1S/C24H37NO6/c1-14(2)25-22(29)31-18-12-30-21(28)16(18)7-8-17-15(3)6-9-19-23(17,4)11-10-20(27)24(19,5)13-26/h7,14,17-20,26-27H,3,6,8-13H2,1-2,4-5H3,(H,25,29)/b16-7+/t17-,18+,19?,20+,23+,24-/m0/s1. The van der Waals surface area contributed by atoms with Gasteiger partial charge in [-0.15, -0.1) is 0 Å². The summed E-state index contributed by atoms with van der Waals surface area (Å²) in [6.07, 6.45) is 3.80. The van der Waals surface area contributed by atoms with Gasteiger partial charge in [-0.2, -0.15) is 0 Å². The van der Waals surface area contributed by atoms with Crippen LogP contribution >= 0.6 is 0 Å². The van der Waals surface area contributed by atoms with Gasteiger partial charge in [-0.1, -0.05) is 32.1 Å². The van der Waals surface area contributed by atoms with Crippen molar-refractivity contribution in [1.29, 1.82) is 0 Å². The van der Waals surface area contributed by atoms with E-state index in [1.807, 2.05) is 26.8 Å². The SMILES string of the molecule is C=C1CCC2[C@](C)(CO)[C@H](O)CC[C@]2(C)[C@H]1C/C=C1/C(=O)OC[C@H]1OC(=O)NC(C)C. The lowest BCUT2D eigenvalue weighted by molar-refractivity contribution is -0.151. The second-order valence-electron chi connectivity index (χ2n) is 10.2. The van der Waals surface area contributed by atoms with Crippen molar-refractivity contribution in [3.63, 3.8) is 0 Å². The average Bonchev–Trinajstić information content (AvgIpc) is 3.03. The Kier molecular flexibility index (Phi) is 6.87. The number of carbonyl (C=O) groups excluding carboxylic acids is 2. The number of hydrogen-bond donors (Lipinski definition) is 3. The van der Waals surface area contributed by atoms with Crippen molar-refractivity contribution < 1.29 is 29.3 Å². The fraction of sp³-hybridized carbons (Fsp3) is 0.750. The molecule has 1 heterocycles. The Labute approximate surface area is 184 Å². The first-order valence-corrected chi connectivity index (χ1v) is 11.3. The number of fused-ring (bicyclic) bond motifs is 1. The summed E-state index contributed by atoms with van der Waals surface area (Å²) in [4.78, 5) is 24.3. The molecule has 3 fully saturated rings. The predicted molar refractivity (Wildman–Crippen MR) is 116 cm³/mol. The van der Waals surface area contributed by atoms with Crippen LogP contribution in [0.25, 0.3) is 0 Å². The third kappa shape index (κ3) is 4.40.